The monoisotopic (exact) mass is 621 g/mol. The van der Waals surface area contributed by atoms with Gasteiger partial charge in [0.2, 0.25) is 35.4 Å². The SMILES string of the molecule is NC(N)=NCCC[C@@H]1NC(=O)CNC(=O)[C@H](CC(=O)O)NC(=O)[C@H](CS)NC(=O)CNC(=O)C(c2ccccc2)NC1=O. The number of guanidine groups is 1. The summed E-state index contributed by atoms with van der Waals surface area (Å²) in [5.41, 5.74) is 11.0. The number of nitrogens with zero attached hydrogens (tertiary/aromatic N) is 1. The molecule has 6 amide bonds. The summed E-state index contributed by atoms with van der Waals surface area (Å²) in [7, 11) is 0. The lowest BCUT2D eigenvalue weighted by atomic mass is 10.0. The predicted octanol–water partition coefficient (Wildman–Crippen LogP) is -4.00. The summed E-state index contributed by atoms with van der Waals surface area (Å²) in [4.78, 5) is 92.5. The summed E-state index contributed by atoms with van der Waals surface area (Å²) in [6.45, 7) is -1.16. The van der Waals surface area contributed by atoms with Gasteiger partial charge in [0.15, 0.2) is 5.96 Å². The molecule has 11 N–H and O–H groups in total. The van der Waals surface area contributed by atoms with Crippen molar-refractivity contribution in [3.05, 3.63) is 35.9 Å². The van der Waals surface area contributed by atoms with Crippen molar-refractivity contribution in [1.29, 1.82) is 0 Å². The maximum absolute atomic E-state index is 13.4. The van der Waals surface area contributed by atoms with Crippen molar-refractivity contribution in [3.63, 3.8) is 0 Å². The minimum Gasteiger partial charge on any atom is -0.481 e. The van der Waals surface area contributed by atoms with Crippen LogP contribution in [-0.4, -0.2) is 96.0 Å². The molecule has 0 bridgehead atoms. The van der Waals surface area contributed by atoms with E-state index in [0.717, 1.165) is 0 Å². The number of nitrogens with two attached hydrogens (primary N) is 2. The predicted molar refractivity (Wildman–Crippen MR) is 155 cm³/mol. The van der Waals surface area contributed by atoms with E-state index in [4.69, 9.17) is 11.5 Å². The largest absolute Gasteiger partial charge is 0.481 e. The summed E-state index contributed by atoms with van der Waals surface area (Å²) >= 11 is 4.03. The molecule has 1 aliphatic rings. The molecule has 18 heteroatoms. The molecule has 17 nitrogen and oxygen atoms in total. The van der Waals surface area contributed by atoms with Crippen molar-refractivity contribution in [1.82, 2.24) is 31.9 Å². The second-order valence-electron chi connectivity index (χ2n) is 9.32. The van der Waals surface area contributed by atoms with E-state index in [-0.39, 0.29) is 31.1 Å². The highest BCUT2D eigenvalue weighted by Crippen LogP contribution is 2.14. The van der Waals surface area contributed by atoms with Crippen LogP contribution in [0, 0.1) is 0 Å². The Morgan fingerprint density at radius 3 is 1.98 bits per heavy atom. The summed E-state index contributed by atoms with van der Waals surface area (Å²) in [6, 6.07) is 2.71. The number of thiol groups is 1. The van der Waals surface area contributed by atoms with Crippen LogP contribution in [0.25, 0.3) is 0 Å². The average molecular weight is 622 g/mol. The molecule has 0 spiro atoms. The van der Waals surface area contributed by atoms with Crippen LogP contribution in [-0.2, 0) is 33.6 Å². The molecule has 1 aromatic carbocycles. The van der Waals surface area contributed by atoms with Crippen LogP contribution in [0.2, 0.25) is 0 Å². The molecule has 1 fully saturated rings. The summed E-state index contributed by atoms with van der Waals surface area (Å²) in [5.74, 6) is -6.89. The Morgan fingerprint density at radius 2 is 1.40 bits per heavy atom. The third-order valence-electron chi connectivity index (χ3n) is 5.97. The van der Waals surface area contributed by atoms with Crippen molar-refractivity contribution in [2.75, 3.05) is 25.4 Å². The van der Waals surface area contributed by atoms with Gasteiger partial charge in [-0.15, -0.1) is 0 Å². The number of amides is 6. The zero-order valence-electron chi connectivity index (χ0n) is 23.0. The topological polar surface area (TPSA) is 276 Å². The maximum Gasteiger partial charge on any atom is 0.305 e. The molecule has 43 heavy (non-hydrogen) atoms. The van der Waals surface area contributed by atoms with E-state index < -0.39 is 85.1 Å². The molecule has 2 rings (SSSR count). The number of rotatable bonds is 8. The summed E-state index contributed by atoms with van der Waals surface area (Å²) < 4.78 is 0. The molecule has 234 valence electrons. The van der Waals surface area contributed by atoms with Crippen LogP contribution in [0.1, 0.15) is 30.9 Å². The summed E-state index contributed by atoms with van der Waals surface area (Å²) in [5, 5.41) is 23.4. The highest BCUT2D eigenvalue weighted by Gasteiger charge is 2.31. The molecule has 1 heterocycles. The minimum atomic E-state index is -1.61. The number of benzene rings is 1. The first-order chi connectivity index (χ1) is 20.4. The van der Waals surface area contributed by atoms with Gasteiger partial charge in [-0.1, -0.05) is 30.3 Å². The number of nitrogens with one attached hydrogen (secondary N) is 6. The Labute approximate surface area is 251 Å². The van der Waals surface area contributed by atoms with E-state index in [1.165, 1.54) is 0 Å². The molecular weight excluding hydrogens is 586 g/mol. The third kappa shape index (κ3) is 11.9. The smallest absolute Gasteiger partial charge is 0.305 e. The van der Waals surface area contributed by atoms with Gasteiger partial charge in [0.1, 0.15) is 24.2 Å². The second kappa shape index (κ2) is 17.2. The Kier molecular flexibility index (Phi) is 13.7. The van der Waals surface area contributed by atoms with Gasteiger partial charge in [-0.2, -0.15) is 12.6 Å². The quantitative estimate of drug-likeness (QED) is 0.0581. The third-order valence-corrected chi connectivity index (χ3v) is 6.34. The summed E-state index contributed by atoms with van der Waals surface area (Å²) in [6.07, 6.45) is -0.570. The van der Waals surface area contributed by atoms with Crippen LogP contribution < -0.4 is 43.4 Å². The van der Waals surface area contributed by atoms with Gasteiger partial charge in [-0.3, -0.25) is 38.6 Å². The highest BCUT2D eigenvalue weighted by atomic mass is 32.1. The number of carbonyl (C=O) groups is 7. The standard InChI is InChI=1S/C25H35N9O8S/c26-25(27)28-8-4-7-14-22(40)34-20(13-5-2-1-3-6-13)24(42)30-11-18(36)32-16(12-43)23(41)33-15(9-19(37)38)21(39)29-10-17(35)31-14/h1-3,5-6,14-16,20,43H,4,7-12H2,(H,29,39)(H,30,42)(H,31,35)(H,32,36)(H,33,41)(H,34,40)(H,37,38)(H4,26,27,28)/t14-,15-,16-,20?/m0/s1. The molecule has 1 aromatic rings. The number of carboxylic acids is 1. The molecule has 1 aliphatic heterocycles. The van der Waals surface area contributed by atoms with Crippen molar-refractivity contribution in [2.24, 2.45) is 16.5 Å². The Balaban J connectivity index is 2.39. The first-order valence-electron chi connectivity index (χ1n) is 13.1. The van der Waals surface area contributed by atoms with Crippen LogP contribution >= 0.6 is 12.6 Å². The molecule has 4 atom stereocenters. The Hall–Kier alpha value is -4.87. The normalized spacial score (nSPS) is 22.7. The van der Waals surface area contributed by atoms with Crippen molar-refractivity contribution >= 4 is 60.0 Å². The van der Waals surface area contributed by atoms with Gasteiger partial charge in [0.25, 0.3) is 0 Å². The maximum atomic E-state index is 13.4. The molecule has 1 unspecified atom stereocenters. The van der Waals surface area contributed by atoms with Crippen molar-refractivity contribution < 1.29 is 38.7 Å². The van der Waals surface area contributed by atoms with Gasteiger partial charge in [0.05, 0.1) is 19.5 Å². The molecule has 0 aliphatic carbocycles. The van der Waals surface area contributed by atoms with E-state index in [2.05, 4.69) is 49.5 Å². The van der Waals surface area contributed by atoms with Gasteiger partial charge < -0.3 is 48.5 Å². The fourth-order valence-corrected chi connectivity index (χ4v) is 4.12. The molecular formula is C25H35N9O8S. The average Bonchev–Trinajstić information content (AvgIpc) is 2.96. The number of carboxylic acid groups (broad SMARTS) is 1. The minimum absolute atomic E-state index is 0.0245. The van der Waals surface area contributed by atoms with E-state index >= 15 is 0 Å². The number of hydrogen-bond acceptors (Lipinski definition) is 9. The zero-order chi connectivity index (χ0) is 31.9. The number of aliphatic imine (C=N–C) groups is 1. The van der Waals surface area contributed by atoms with Gasteiger partial charge in [0, 0.05) is 12.3 Å². The lowest BCUT2D eigenvalue weighted by Crippen LogP contribution is -2.57. The lowest BCUT2D eigenvalue weighted by molar-refractivity contribution is -0.141. The Bertz CT molecular complexity index is 1230. The van der Waals surface area contributed by atoms with Gasteiger partial charge in [-0.25, -0.2) is 0 Å². The van der Waals surface area contributed by atoms with Gasteiger partial charge >= 0.3 is 5.97 Å². The van der Waals surface area contributed by atoms with Gasteiger partial charge in [-0.05, 0) is 18.4 Å². The van der Waals surface area contributed by atoms with E-state index in [9.17, 15) is 38.7 Å². The molecule has 0 aromatic heterocycles. The van der Waals surface area contributed by atoms with Crippen LogP contribution in [0.4, 0.5) is 0 Å². The van der Waals surface area contributed by atoms with Crippen molar-refractivity contribution in [3.8, 4) is 0 Å². The highest BCUT2D eigenvalue weighted by molar-refractivity contribution is 7.80. The zero-order valence-corrected chi connectivity index (χ0v) is 23.9. The number of hydrogen-bond donors (Lipinski definition) is 10. The Morgan fingerprint density at radius 1 is 0.814 bits per heavy atom. The fourth-order valence-electron chi connectivity index (χ4n) is 3.86. The number of carbonyl (C=O) groups excluding carboxylic acids is 6. The van der Waals surface area contributed by atoms with E-state index in [0.29, 0.717) is 5.56 Å². The first kappa shape index (κ1) is 34.3. The van der Waals surface area contributed by atoms with Crippen LogP contribution in [0.5, 0.6) is 0 Å². The first-order valence-corrected chi connectivity index (χ1v) is 13.7. The van der Waals surface area contributed by atoms with Crippen LogP contribution in [0.15, 0.2) is 35.3 Å². The second-order valence-corrected chi connectivity index (χ2v) is 9.68. The molecule has 0 radical (unpaired) electrons. The molecule has 0 saturated carbocycles. The van der Waals surface area contributed by atoms with Crippen LogP contribution in [0.3, 0.4) is 0 Å². The number of aliphatic carboxylic acids is 1. The fraction of sp³-hybridized carbons (Fsp3) is 0.440. The van der Waals surface area contributed by atoms with E-state index in [1.807, 2.05) is 0 Å². The van der Waals surface area contributed by atoms with E-state index in [1.54, 1.807) is 30.3 Å². The van der Waals surface area contributed by atoms with Crippen molar-refractivity contribution in [2.45, 2.75) is 43.4 Å². The lowest BCUT2D eigenvalue weighted by Gasteiger charge is -2.25. The molecule has 1 saturated heterocycles.